The van der Waals surface area contributed by atoms with Gasteiger partial charge in [0.15, 0.2) is 0 Å². The van der Waals surface area contributed by atoms with Crippen molar-refractivity contribution in [2.75, 3.05) is 40.3 Å². The lowest BCUT2D eigenvalue weighted by molar-refractivity contribution is 0.0827. The lowest BCUT2D eigenvalue weighted by Crippen LogP contribution is -2.48. The number of aryl methyl sites for hydroxylation is 1. The fourth-order valence-electron chi connectivity index (χ4n) is 3.85. The Balaban J connectivity index is 1.46. The molecule has 1 aliphatic rings. The van der Waals surface area contributed by atoms with Gasteiger partial charge >= 0.3 is 0 Å². The number of carbonyl (C=O) groups is 1. The summed E-state index contributed by atoms with van der Waals surface area (Å²) in [5, 5.41) is 0. The first-order valence-electron chi connectivity index (χ1n) is 10.2. The molecule has 1 amide bonds. The highest BCUT2D eigenvalue weighted by Crippen LogP contribution is 2.21. The van der Waals surface area contributed by atoms with Crippen LogP contribution in [0.2, 0.25) is 0 Å². The molecule has 0 unspecified atom stereocenters. The third-order valence-electron chi connectivity index (χ3n) is 5.70. The second-order valence-corrected chi connectivity index (χ2v) is 9.92. The Morgan fingerprint density at radius 3 is 2.35 bits per heavy atom. The van der Waals surface area contributed by atoms with Gasteiger partial charge in [0.05, 0.1) is 22.5 Å². The van der Waals surface area contributed by atoms with Crippen molar-refractivity contribution in [2.24, 2.45) is 7.05 Å². The van der Waals surface area contributed by atoms with Crippen LogP contribution in [-0.4, -0.2) is 78.3 Å². The van der Waals surface area contributed by atoms with Crippen LogP contribution in [-0.2, 0) is 23.6 Å². The highest BCUT2D eigenvalue weighted by atomic mass is 32.2. The summed E-state index contributed by atoms with van der Waals surface area (Å²) >= 11 is 0. The van der Waals surface area contributed by atoms with Crippen LogP contribution in [0.1, 0.15) is 16.2 Å². The highest BCUT2D eigenvalue weighted by molar-refractivity contribution is 7.89. The summed E-state index contributed by atoms with van der Waals surface area (Å²) in [4.78, 5) is 21.1. The third-order valence-corrected chi connectivity index (χ3v) is 7.62. The molecular weight excluding hydrogens is 414 g/mol. The fourth-order valence-corrected chi connectivity index (χ4v) is 5.30. The average molecular weight is 442 g/mol. The number of aromatic nitrogens is 2. The lowest BCUT2D eigenvalue weighted by atomic mass is 10.2. The molecule has 0 saturated carbocycles. The van der Waals surface area contributed by atoms with Gasteiger partial charge in [-0.1, -0.05) is 18.2 Å². The summed E-state index contributed by atoms with van der Waals surface area (Å²) in [7, 11) is 1.97. The quantitative estimate of drug-likeness (QED) is 0.603. The average Bonchev–Trinajstić information content (AvgIpc) is 3.08. The van der Waals surface area contributed by atoms with Gasteiger partial charge in [0.1, 0.15) is 5.82 Å². The molecular formula is C22H27N5O3S. The lowest BCUT2D eigenvalue weighted by Gasteiger charge is -2.33. The minimum atomic E-state index is -3.46. The molecule has 1 aliphatic heterocycles. The molecule has 0 radical (unpaired) electrons. The number of imidazole rings is 1. The van der Waals surface area contributed by atoms with Gasteiger partial charge in [-0.05, 0) is 30.3 Å². The Labute approximate surface area is 182 Å². The van der Waals surface area contributed by atoms with Gasteiger partial charge in [0.2, 0.25) is 10.0 Å². The SMILES string of the molecule is CN(C)C(=O)c1ccc2c(c1)nc(CN1CCN(S(=O)(=O)c3ccccc3)CC1)n2C. The van der Waals surface area contributed by atoms with Gasteiger partial charge in [-0.15, -0.1) is 0 Å². The molecule has 1 aromatic heterocycles. The van der Waals surface area contributed by atoms with Crippen LogP contribution in [0, 0.1) is 0 Å². The maximum atomic E-state index is 12.8. The van der Waals surface area contributed by atoms with Gasteiger partial charge in [0, 0.05) is 52.9 Å². The number of carbonyl (C=O) groups excluding carboxylic acids is 1. The van der Waals surface area contributed by atoms with Gasteiger partial charge in [-0.25, -0.2) is 13.4 Å². The zero-order valence-electron chi connectivity index (χ0n) is 18.0. The summed E-state index contributed by atoms with van der Waals surface area (Å²) in [5.41, 5.74) is 2.37. The van der Waals surface area contributed by atoms with E-state index in [-0.39, 0.29) is 5.91 Å². The minimum Gasteiger partial charge on any atom is -0.345 e. The Bertz CT molecular complexity index is 1200. The topological polar surface area (TPSA) is 78.8 Å². The van der Waals surface area contributed by atoms with E-state index in [4.69, 9.17) is 4.98 Å². The maximum absolute atomic E-state index is 12.8. The van der Waals surface area contributed by atoms with E-state index in [1.165, 1.54) is 0 Å². The van der Waals surface area contributed by atoms with Crippen molar-refractivity contribution >= 4 is 27.0 Å². The van der Waals surface area contributed by atoms with Gasteiger partial charge in [-0.3, -0.25) is 9.69 Å². The molecule has 31 heavy (non-hydrogen) atoms. The molecule has 2 heterocycles. The maximum Gasteiger partial charge on any atom is 0.253 e. The molecule has 1 saturated heterocycles. The van der Waals surface area contributed by atoms with Gasteiger partial charge < -0.3 is 9.47 Å². The summed E-state index contributed by atoms with van der Waals surface area (Å²) in [6.07, 6.45) is 0. The van der Waals surface area contributed by atoms with Crippen LogP contribution in [0.25, 0.3) is 11.0 Å². The van der Waals surface area contributed by atoms with E-state index in [1.54, 1.807) is 47.6 Å². The summed E-state index contributed by atoms with van der Waals surface area (Å²) in [6, 6.07) is 14.1. The van der Waals surface area contributed by atoms with Gasteiger partial charge in [-0.2, -0.15) is 4.31 Å². The molecule has 0 N–H and O–H groups in total. The zero-order chi connectivity index (χ0) is 22.2. The van der Waals surface area contributed by atoms with E-state index in [9.17, 15) is 13.2 Å². The second kappa shape index (κ2) is 8.41. The molecule has 9 heteroatoms. The second-order valence-electron chi connectivity index (χ2n) is 7.98. The smallest absolute Gasteiger partial charge is 0.253 e. The van der Waals surface area contributed by atoms with Crippen LogP contribution in [0.4, 0.5) is 0 Å². The minimum absolute atomic E-state index is 0.0511. The monoisotopic (exact) mass is 441 g/mol. The van der Waals surface area contributed by atoms with E-state index in [0.717, 1.165) is 16.9 Å². The number of sulfonamides is 1. The molecule has 4 rings (SSSR count). The molecule has 0 bridgehead atoms. The summed E-state index contributed by atoms with van der Waals surface area (Å²) < 4.78 is 29.2. The van der Waals surface area contributed by atoms with E-state index in [0.29, 0.717) is 43.2 Å². The number of nitrogens with zero attached hydrogens (tertiary/aromatic N) is 5. The predicted octanol–water partition coefficient (Wildman–Crippen LogP) is 1.78. The van der Waals surface area contributed by atoms with Crippen LogP contribution in [0.5, 0.6) is 0 Å². The number of hydrogen-bond donors (Lipinski definition) is 0. The Morgan fingerprint density at radius 2 is 1.71 bits per heavy atom. The third kappa shape index (κ3) is 4.21. The van der Waals surface area contributed by atoms with Crippen molar-refractivity contribution in [3.8, 4) is 0 Å². The zero-order valence-corrected chi connectivity index (χ0v) is 18.8. The molecule has 8 nitrogen and oxygen atoms in total. The van der Waals surface area contributed by atoms with E-state index in [2.05, 4.69) is 4.90 Å². The number of piperazine rings is 1. The van der Waals surface area contributed by atoms with Crippen molar-refractivity contribution in [2.45, 2.75) is 11.4 Å². The van der Waals surface area contributed by atoms with Crippen LogP contribution < -0.4 is 0 Å². The molecule has 0 spiro atoms. The molecule has 0 aliphatic carbocycles. The van der Waals surface area contributed by atoms with E-state index < -0.39 is 10.0 Å². The van der Waals surface area contributed by atoms with Crippen molar-refractivity contribution in [3.05, 3.63) is 59.9 Å². The Hall–Kier alpha value is -2.75. The van der Waals surface area contributed by atoms with Crippen molar-refractivity contribution < 1.29 is 13.2 Å². The van der Waals surface area contributed by atoms with Crippen LogP contribution in [0.15, 0.2) is 53.4 Å². The standard InChI is InChI=1S/C22H27N5O3S/c1-24(2)22(28)17-9-10-20-19(15-17)23-21(25(20)3)16-26-11-13-27(14-12-26)31(29,30)18-7-5-4-6-8-18/h4-10,15H,11-14,16H2,1-3H3. The van der Waals surface area contributed by atoms with Crippen molar-refractivity contribution in [1.82, 2.24) is 23.7 Å². The summed E-state index contributed by atoms with van der Waals surface area (Å²) in [6.45, 7) is 2.80. The predicted molar refractivity (Wildman–Crippen MR) is 119 cm³/mol. The fraction of sp³-hybridized carbons (Fsp3) is 0.364. The highest BCUT2D eigenvalue weighted by Gasteiger charge is 2.28. The largest absolute Gasteiger partial charge is 0.345 e. The number of rotatable bonds is 5. The Morgan fingerprint density at radius 1 is 1.03 bits per heavy atom. The Kier molecular flexibility index (Phi) is 5.83. The van der Waals surface area contributed by atoms with E-state index >= 15 is 0 Å². The number of fused-ring (bicyclic) bond motifs is 1. The first-order valence-corrected chi connectivity index (χ1v) is 11.7. The number of benzene rings is 2. The molecule has 2 aromatic carbocycles. The molecule has 3 aromatic rings. The molecule has 1 fully saturated rings. The normalized spacial score (nSPS) is 16.0. The van der Waals surface area contributed by atoms with Gasteiger partial charge in [0.25, 0.3) is 5.91 Å². The summed E-state index contributed by atoms with van der Waals surface area (Å²) in [5.74, 6) is 0.841. The first kappa shape index (κ1) is 21.5. The molecule has 0 atom stereocenters. The van der Waals surface area contributed by atoms with Crippen LogP contribution >= 0.6 is 0 Å². The van der Waals surface area contributed by atoms with E-state index in [1.807, 2.05) is 35.9 Å². The molecule has 164 valence electrons. The van der Waals surface area contributed by atoms with Crippen LogP contribution in [0.3, 0.4) is 0 Å². The number of hydrogen-bond acceptors (Lipinski definition) is 5. The van der Waals surface area contributed by atoms with Crippen molar-refractivity contribution in [1.29, 1.82) is 0 Å². The number of amides is 1. The van der Waals surface area contributed by atoms with Crippen molar-refractivity contribution in [3.63, 3.8) is 0 Å². The first-order chi connectivity index (χ1) is 14.8.